The Morgan fingerprint density at radius 3 is 2.38 bits per heavy atom. The summed E-state index contributed by atoms with van der Waals surface area (Å²) in [5.41, 5.74) is 3.26. The fourth-order valence-corrected chi connectivity index (χ4v) is 2.62. The molecule has 26 heavy (non-hydrogen) atoms. The number of nitrogens with one attached hydrogen (secondary N) is 2. The van der Waals surface area contributed by atoms with E-state index in [0.29, 0.717) is 17.4 Å². The second kappa shape index (κ2) is 9.17. The smallest absolute Gasteiger partial charge is 0.276 e. The van der Waals surface area contributed by atoms with Crippen LogP contribution in [0.3, 0.4) is 0 Å². The van der Waals surface area contributed by atoms with Gasteiger partial charge in [0.2, 0.25) is 0 Å². The molecule has 0 aliphatic heterocycles. The van der Waals surface area contributed by atoms with Gasteiger partial charge in [-0.05, 0) is 62.6 Å². The summed E-state index contributed by atoms with van der Waals surface area (Å²) in [6.45, 7) is 13.2. The van der Waals surface area contributed by atoms with Crippen LogP contribution in [0.4, 0.5) is 17.2 Å². The molecule has 0 radical (unpaired) electrons. The van der Waals surface area contributed by atoms with Crippen LogP contribution < -0.4 is 15.5 Å². The average molecular weight is 355 g/mol. The SMILES string of the molecule is CCN(CC)c1ccc(NC(=O)c2ccc(NCC(C)C)nn2)c(C)c1. The number of rotatable bonds is 8. The van der Waals surface area contributed by atoms with Gasteiger partial charge < -0.3 is 15.5 Å². The molecule has 6 nitrogen and oxygen atoms in total. The summed E-state index contributed by atoms with van der Waals surface area (Å²) in [5, 5.41) is 14.2. The third-order valence-electron chi connectivity index (χ3n) is 4.18. The zero-order chi connectivity index (χ0) is 19.1. The molecule has 6 heteroatoms. The van der Waals surface area contributed by atoms with Crippen molar-refractivity contribution in [2.24, 2.45) is 5.92 Å². The van der Waals surface area contributed by atoms with Crippen LogP contribution in [0, 0.1) is 12.8 Å². The van der Waals surface area contributed by atoms with E-state index < -0.39 is 0 Å². The lowest BCUT2D eigenvalue weighted by Crippen LogP contribution is -2.22. The van der Waals surface area contributed by atoms with Crippen LogP contribution in [0.15, 0.2) is 30.3 Å². The first-order valence-electron chi connectivity index (χ1n) is 9.19. The third kappa shape index (κ3) is 5.18. The third-order valence-corrected chi connectivity index (χ3v) is 4.18. The number of aromatic nitrogens is 2. The first kappa shape index (κ1) is 19.7. The van der Waals surface area contributed by atoms with Gasteiger partial charge in [0.05, 0.1) is 0 Å². The highest BCUT2D eigenvalue weighted by Crippen LogP contribution is 2.23. The van der Waals surface area contributed by atoms with Crippen LogP contribution in [0.1, 0.15) is 43.7 Å². The largest absolute Gasteiger partial charge is 0.372 e. The van der Waals surface area contributed by atoms with Gasteiger partial charge in [-0.15, -0.1) is 10.2 Å². The maximum Gasteiger partial charge on any atom is 0.276 e. The summed E-state index contributed by atoms with van der Waals surface area (Å²) < 4.78 is 0. The zero-order valence-electron chi connectivity index (χ0n) is 16.3. The molecule has 0 aliphatic rings. The molecule has 1 amide bonds. The number of amides is 1. The zero-order valence-corrected chi connectivity index (χ0v) is 16.3. The highest BCUT2D eigenvalue weighted by atomic mass is 16.1. The normalized spacial score (nSPS) is 10.7. The second-order valence-corrected chi connectivity index (χ2v) is 6.70. The summed E-state index contributed by atoms with van der Waals surface area (Å²) >= 11 is 0. The van der Waals surface area contributed by atoms with E-state index >= 15 is 0 Å². The maximum atomic E-state index is 12.4. The average Bonchev–Trinajstić information content (AvgIpc) is 2.63. The molecule has 0 fully saturated rings. The van der Waals surface area contributed by atoms with Crippen LogP contribution in [-0.4, -0.2) is 35.7 Å². The molecule has 0 saturated heterocycles. The lowest BCUT2D eigenvalue weighted by Gasteiger charge is -2.22. The van der Waals surface area contributed by atoms with Crippen molar-refractivity contribution in [3.8, 4) is 0 Å². The number of hydrogen-bond acceptors (Lipinski definition) is 5. The monoisotopic (exact) mass is 355 g/mol. The number of benzene rings is 1. The van der Waals surface area contributed by atoms with E-state index in [1.807, 2.05) is 19.1 Å². The van der Waals surface area contributed by atoms with E-state index in [1.165, 1.54) is 0 Å². The molecule has 2 N–H and O–H groups in total. The van der Waals surface area contributed by atoms with Crippen LogP contribution >= 0.6 is 0 Å². The van der Waals surface area contributed by atoms with Crippen molar-refractivity contribution in [3.63, 3.8) is 0 Å². The molecule has 2 rings (SSSR count). The molecule has 0 unspecified atom stereocenters. The summed E-state index contributed by atoms with van der Waals surface area (Å²) in [7, 11) is 0. The van der Waals surface area contributed by atoms with Gasteiger partial charge in [-0.2, -0.15) is 0 Å². The first-order chi connectivity index (χ1) is 12.4. The molecule has 140 valence electrons. The number of carbonyl (C=O) groups excluding carboxylic acids is 1. The van der Waals surface area contributed by atoms with Crippen LogP contribution in [-0.2, 0) is 0 Å². The Bertz CT molecular complexity index is 723. The molecule has 0 spiro atoms. The predicted molar refractivity (Wildman–Crippen MR) is 108 cm³/mol. The van der Waals surface area contributed by atoms with Gasteiger partial charge in [0, 0.05) is 31.0 Å². The Balaban J connectivity index is 2.05. The molecule has 2 aromatic rings. The number of anilines is 3. The molecule has 1 aromatic heterocycles. The summed E-state index contributed by atoms with van der Waals surface area (Å²) in [6, 6.07) is 9.52. The minimum Gasteiger partial charge on any atom is -0.372 e. The summed E-state index contributed by atoms with van der Waals surface area (Å²) in [4.78, 5) is 14.7. The van der Waals surface area contributed by atoms with Crippen molar-refractivity contribution in [2.45, 2.75) is 34.6 Å². The van der Waals surface area contributed by atoms with Gasteiger partial charge >= 0.3 is 0 Å². The predicted octanol–water partition coefficient (Wildman–Crippen LogP) is 3.95. The van der Waals surface area contributed by atoms with E-state index in [2.05, 4.69) is 59.5 Å². The Morgan fingerprint density at radius 1 is 1.12 bits per heavy atom. The molecule has 1 aromatic carbocycles. The number of nitrogens with zero attached hydrogens (tertiary/aromatic N) is 3. The second-order valence-electron chi connectivity index (χ2n) is 6.70. The number of carbonyl (C=O) groups is 1. The van der Waals surface area contributed by atoms with E-state index in [9.17, 15) is 4.79 Å². The van der Waals surface area contributed by atoms with Crippen molar-refractivity contribution in [1.82, 2.24) is 10.2 Å². The molecule has 0 atom stereocenters. The number of aryl methyl sites for hydroxylation is 1. The topological polar surface area (TPSA) is 70.2 Å². The van der Waals surface area contributed by atoms with Gasteiger partial charge in [-0.25, -0.2) is 0 Å². The van der Waals surface area contributed by atoms with E-state index in [1.54, 1.807) is 12.1 Å². The summed E-state index contributed by atoms with van der Waals surface area (Å²) in [5.74, 6) is 0.934. The Hall–Kier alpha value is -2.63. The van der Waals surface area contributed by atoms with E-state index in [-0.39, 0.29) is 5.91 Å². The van der Waals surface area contributed by atoms with Crippen molar-refractivity contribution >= 4 is 23.1 Å². The van der Waals surface area contributed by atoms with E-state index in [0.717, 1.165) is 36.6 Å². The maximum absolute atomic E-state index is 12.4. The van der Waals surface area contributed by atoms with Crippen molar-refractivity contribution in [2.75, 3.05) is 35.2 Å². The lowest BCUT2D eigenvalue weighted by atomic mass is 10.1. The van der Waals surface area contributed by atoms with Crippen LogP contribution in [0.25, 0.3) is 0 Å². The van der Waals surface area contributed by atoms with Gasteiger partial charge in [0.1, 0.15) is 5.82 Å². The molecular formula is C20H29N5O. The number of hydrogen-bond donors (Lipinski definition) is 2. The summed E-state index contributed by atoms with van der Waals surface area (Å²) in [6.07, 6.45) is 0. The Kier molecular flexibility index (Phi) is 6.95. The lowest BCUT2D eigenvalue weighted by molar-refractivity contribution is 0.102. The molecule has 0 saturated carbocycles. The van der Waals surface area contributed by atoms with Gasteiger partial charge in [0.25, 0.3) is 5.91 Å². The Morgan fingerprint density at radius 2 is 1.85 bits per heavy atom. The highest BCUT2D eigenvalue weighted by molar-refractivity contribution is 6.03. The highest BCUT2D eigenvalue weighted by Gasteiger charge is 2.11. The minimum absolute atomic E-state index is 0.258. The van der Waals surface area contributed by atoms with Gasteiger partial charge in [-0.3, -0.25) is 4.79 Å². The van der Waals surface area contributed by atoms with Crippen molar-refractivity contribution in [3.05, 3.63) is 41.6 Å². The standard InChI is InChI=1S/C20H29N5O/c1-6-25(7-2)16-8-9-17(15(5)12-16)22-20(26)18-10-11-19(24-23-18)21-13-14(3)4/h8-12,14H,6-7,13H2,1-5H3,(H,21,24)(H,22,26). The van der Waals surface area contributed by atoms with E-state index in [4.69, 9.17) is 0 Å². The molecule has 0 aliphatic carbocycles. The van der Waals surface area contributed by atoms with Gasteiger partial charge in [-0.1, -0.05) is 13.8 Å². The molecular weight excluding hydrogens is 326 g/mol. The van der Waals surface area contributed by atoms with Crippen LogP contribution in [0.2, 0.25) is 0 Å². The first-order valence-corrected chi connectivity index (χ1v) is 9.19. The van der Waals surface area contributed by atoms with Gasteiger partial charge in [0.15, 0.2) is 5.69 Å². The fourth-order valence-electron chi connectivity index (χ4n) is 2.62. The molecule has 1 heterocycles. The Labute approximate surface area is 156 Å². The minimum atomic E-state index is -0.258. The van der Waals surface area contributed by atoms with Crippen molar-refractivity contribution in [1.29, 1.82) is 0 Å². The molecule has 0 bridgehead atoms. The van der Waals surface area contributed by atoms with Crippen LogP contribution in [0.5, 0.6) is 0 Å². The quantitative estimate of drug-likeness (QED) is 0.750. The van der Waals surface area contributed by atoms with Crippen molar-refractivity contribution < 1.29 is 4.79 Å². The fraction of sp³-hybridized carbons (Fsp3) is 0.450.